The molecule has 0 aromatic carbocycles. The maximum atomic E-state index is 4.36. The minimum atomic E-state index is 0. The summed E-state index contributed by atoms with van der Waals surface area (Å²) in [6.07, 6.45) is 3.89. The van der Waals surface area contributed by atoms with Crippen molar-refractivity contribution in [2.45, 2.75) is 72.0 Å². The van der Waals surface area contributed by atoms with E-state index in [0.29, 0.717) is 18.1 Å². The summed E-state index contributed by atoms with van der Waals surface area (Å²) in [7, 11) is 1.86. The van der Waals surface area contributed by atoms with Crippen LogP contribution in [-0.4, -0.2) is 73.7 Å². The minimum Gasteiger partial charge on any atom is -0.355 e. The summed E-state index contributed by atoms with van der Waals surface area (Å²) in [5.41, 5.74) is 0. The molecule has 6 heteroatoms. The van der Waals surface area contributed by atoms with E-state index in [1.54, 1.807) is 0 Å². The van der Waals surface area contributed by atoms with Gasteiger partial charge in [0.2, 0.25) is 0 Å². The molecule has 24 heavy (non-hydrogen) atoms. The third-order valence-corrected chi connectivity index (χ3v) is 4.85. The van der Waals surface area contributed by atoms with E-state index in [4.69, 9.17) is 0 Å². The van der Waals surface area contributed by atoms with Crippen LogP contribution in [0.5, 0.6) is 0 Å². The lowest BCUT2D eigenvalue weighted by Gasteiger charge is -2.31. The highest BCUT2D eigenvalue weighted by molar-refractivity contribution is 14.0. The summed E-state index contributed by atoms with van der Waals surface area (Å²) in [4.78, 5) is 9.47. The van der Waals surface area contributed by atoms with Gasteiger partial charge in [-0.05, 0) is 60.0 Å². The zero-order valence-corrected chi connectivity index (χ0v) is 19.0. The monoisotopic (exact) mass is 453 g/mol. The van der Waals surface area contributed by atoms with E-state index in [-0.39, 0.29) is 24.0 Å². The van der Waals surface area contributed by atoms with Crippen LogP contribution in [0.1, 0.15) is 53.9 Å². The fraction of sp³-hybridized carbons (Fsp3) is 0.944. The van der Waals surface area contributed by atoms with E-state index in [1.807, 2.05) is 7.05 Å². The number of nitrogens with zero attached hydrogens (tertiary/aromatic N) is 3. The molecule has 0 aromatic rings. The van der Waals surface area contributed by atoms with Crippen LogP contribution < -0.4 is 10.6 Å². The summed E-state index contributed by atoms with van der Waals surface area (Å²) < 4.78 is 0. The molecule has 1 aliphatic rings. The van der Waals surface area contributed by atoms with Gasteiger partial charge in [0.05, 0.1) is 0 Å². The van der Waals surface area contributed by atoms with Gasteiger partial charge in [0, 0.05) is 44.8 Å². The fourth-order valence-electron chi connectivity index (χ4n) is 3.49. The molecule has 1 aliphatic heterocycles. The Morgan fingerprint density at radius 2 is 1.67 bits per heavy atom. The van der Waals surface area contributed by atoms with Crippen molar-refractivity contribution in [2.75, 3.05) is 39.8 Å². The highest BCUT2D eigenvalue weighted by Gasteiger charge is 2.20. The van der Waals surface area contributed by atoms with E-state index in [2.05, 4.69) is 60.0 Å². The van der Waals surface area contributed by atoms with Gasteiger partial charge in [-0.15, -0.1) is 24.0 Å². The summed E-state index contributed by atoms with van der Waals surface area (Å²) in [5.74, 6) is 0.926. The van der Waals surface area contributed by atoms with E-state index < -0.39 is 0 Å². The Bertz CT molecular complexity index is 332. The summed E-state index contributed by atoms with van der Waals surface area (Å²) >= 11 is 0. The molecule has 0 spiro atoms. The molecule has 5 nitrogen and oxygen atoms in total. The number of nitrogens with one attached hydrogen (secondary N) is 2. The second kappa shape index (κ2) is 13.2. The first kappa shape index (κ1) is 23.9. The summed E-state index contributed by atoms with van der Waals surface area (Å²) in [6, 6.07) is 1.77. The molecule has 0 radical (unpaired) electrons. The second-order valence-electron chi connectivity index (χ2n) is 7.11. The largest absolute Gasteiger partial charge is 0.355 e. The van der Waals surface area contributed by atoms with Gasteiger partial charge in [-0.3, -0.25) is 14.8 Å². The predicted octanol–water partition coefficient (Wildman–Crippen LogP) is 2.76. The van der Waals surface area contributed by atoms with Crippen molar-refractivity contribution in [3.63, 3.8) is 0 Å². The van der Waals surface area contributed by atoms with Gasteiger partial charge in [0.1, 0.15) is 0 Å². The Kier molecular flexibility index (Phi) is 13.1. The molecule has 1 fully saturated rings. The number of halogens is 1. The van der Waals surface area contributed by atoms with Crippen LogP contribution in [0.4, 0.5) is 0 Å². The van der Waals surface area contributed by atoms with Crippen molar-refractivity contribution in [3.8, 4) is 0 Å². The van der Waals surface area contributed by atoms with E-state index in [9.17, 15) is 0 Å². The topological polar surface area (TPSA) is 42.9 Å². The lowest BCUT2D eigenvalue weighted by molar-refractivity contribution is 0.178. The zero-order valence-electron chi connectivity index (χ0n) is 16.6. The van der Waals surface area contributed by atoms with Gasteiger partial charge in [0.15, 0.2) is 5.96 Å². The average Bonchev–Trinajstić information content (AvgIpc) is 3.03. The SMILES string of the molecule is CCC(CNC(=NC)NCCN(C(C)C)C(C)C)N1CCCC1.I. The fourth-order valence-corrected chi connectivity index (χ4v) is 3.49. The third-order valence-electron chi connectivity index (χ3n) is 4.85. The van der Waals surface area contributed by atoms with Crippen LogP contribution in [0, 0.1) is 0 Å². The quantitative estimate of drug-likeness (QED) is 0.320. The van der Waals surface area contributed by atoms with Crippen molar-refractivity contribution < 1.29 is 0 Å². The third kappa shape index (κ3) is 8.34. The number of rotatable bonds is 9. The molecule has 1 rings (SSSR count). The van der Waals surface area contributed by atoms with Crippen LogP contribution in [0.15, 0.2) is 4.99 Å². The van der Waals surface area contributed by atoms with Gasteiger partial charge in [-0.2, -0.15) is 0 Å². The van der Waals surface area contributed by atoms with Crippen molar-refractivity contribution in [2.24, 2.45) is 4.99 Å². The molecule has 0 aromatic heterocycles. The number of guanidine groups is 1. The second-order valence-corrected chi connectivity index (χ2v) is 7.11. The van der Waals surface area contributed by atoms with Gasteiger partial charge >= 0.3 is 0 Å². The molecule has 1 atom stereocenters. The number of aliphatic imine (C=N–C) groups is 1. The highest BCUT2D eigenvalue weighted by atomic mass is 127. The van der Waals surface area contributed by atoms with Crippen LogP contribution >= 0.6 is 24.0 Å². The minimum absolute atomic E-state index is 0. The number of hydrogen-bond donors (Lipinski definition) is 2. The predicted molar refractivity (Wildman–Crippen MR) is 117 cm³/mol. The molecule has 2 N–H and O–H groups in total. The van der Waals surface area contributed by atoms with Gasteiger partial charge in [0.25, 0.3) is 0 Å². The molecule has 0 saturated carbocycles. The summed E-state index contributed by atoms with van der Waals surface area (Å²) in [5, 5.41) is 6.97. The average molecular weight is 453 g/mol. The molecule has 0 bridgehead atoms. The molecular formula is C18H40IN5. The Morgan fingerprint density at radius 1 is 1.08 bits per heavy atom. The van der Waals surface area contributed by atoms with Crippen LogP contribution in [0.3, 0.4) is 0 Å². The van der Waals surface area contributed by atoms with Crippen LogP contribution in [0.2, 0.25) is 0 Å². The smallest absolute Gasteiger partial charge is 0.191 e. The maximum Gasteiger partial charge on any atom is 0.191 e. The van der Waals surface area contributed by atoms with Gasteiger partial charge < -0.3 is 10.6 Å². The van der Waals surface area contributed by atoms with Crippen molar-refractivity contribution in [1.82, 2.24) is 20.4 Å². The first-order chi connectivity index (χ1) is 11.0. The first-order valence-corrected chi connectivity index (χ1v) is 9.43. The lowest BCUT2D eigenvalue weighted by Crippen LogP contribution is -2.48. The van der Waals surface area contributed by atoms with Crippen LogP contribution in [-0.2, 0) is 0 Å². The normalized spacial score (nSPS) is 17.5. The Balaban J connectivity index is 0.00000529. The maximum absolute atomic E-state index is 4.36. The first-order valence-electron chi connectivity index (χ1n) is 9.43. The molecule has 1 heterocycles. The summed E-state index contributed by atoms with van der Waals surface area (Å²) in [6.45, 7) is 16.8. The van der Waals surface area contributed by atoms with Crippen molar-refractivity contribution in [1.29, 1.82) is 0 Å². The molecule has 0 amide bonds. The number of likely N-dealkylation sites (tertiary alicyclic amines) is 1. The van der Waals surface area contributed by atoms with E-state index >= 15 is 0 Å². The standard InChI is InChI=1S/C18H39N5.HI/c1-7-17(22-11-8-9-12-22)14-21-18(19-6)20-10-13-23(15(2)3)16(4)5;/h15-17H,7-14H2,1-6H3,(H2,19,20,21);1H. The Labute approximate surface area is 167 Å². The van der Waals surface area contributed by atoms with E-state index in [1.165, 1.54) is 32.4 Å². The molecule has 0 aliphatic carbocycles. The Hall–Kier alpha value is -0.0800. The van der Waals surface area contributed by atoms with Crippen molar-refractivity contribution >= 4 is 29.9 Å². The molecule has 144 valence electrons. The Morgan fingerprint density at radius 3 is 2.12 bits per heavy atom. The molecule has 1 unspecified atom stereocenters. The van der Waals surface area contributed by atoms with Gasteiger partial charge in [-0.1, -0.05) is 6.92 Å². The molecule has 1 saturated heterocycles. The van der Waals surface area contributed by atoms with E-state index in [0.717, 1.165) is 25.6 Å². The van der Waals surface area contributed by atoms with Crippen molar-refractivity contribution in [3.05, 3.63) is 0 Å². The number of hydrogen-bond acceptors (Lipinski definition) is 3. The van der Waals surface area contributed by atoms with Crippen LogP contribution in [0.25, 0.3) is 0 Å². The highest BCUT2D eigenvalue weighted by Crippen LogP contribution is 2.13. The lowest BCUT2D eigenvalue weighted by atomic mass is 10.2. The zero-order chi connectivity index (χ0) is 17.2. The molecular weight excluding hydrogens is 413 g/mol. The van der Waals surface area contributed by atoms with Gasteiger partial charge in [-0.25, -0.2) is 0 Å².